The Balaban J connectivity index is 1.85. The fraction of sp³-hybridized carbons (Fsp3) is 0.105. The normalized spacial score (nSPS) is 10.3. The average molecular weight is 303 g/mol. The van der Waals surface area contributed by atoms with Crippen LogP contribution in [0.5, 0.6) is 0 Å². The molecule has 1 aromatic carbocycles. The van der Waals surface area contributed by atoms with Gasteiger partial charge < -0.3 is 4.90 Å². The van der Waals surface area contributed by atoms with E-state index in [1.807, 2.05) is 48.5 Å². The first kappa shape index (κ1) is 14.9. The number of hydrogen-bond donors (Lipinski definition) is 0. The Bertz CT molecular complexity index is 704. The zero-order chi connectivity index (χ0) is 15.9. The van der Waals surface area contributed by atoms with Crippen molar-refractivity contribution in [2.24, 2.45) is 0 Å². The molecule has 0 atom stereocenters. The number of benzene rings is 1. The van der Waals surface area contributed by atoms with E-state index in [0.29, 0.717) is 18.7 Å². The molecular weight excluding hydrogens is 286 g/mol. The van der Waals surface area contributed by atoms with Crippen LogP contribution in [-0.4, -0.2) is 20.8 Å². The molecule has 0 N–H and O–H groups in total. The van der Waals surface area contributed by atoms with Gasteiger partial charge in [-0.05, 0) is 29.8 Å². The summed E-state index contributed by atoms with van der Waals surface area (Å²) >= 11 is 0. The first-order valence-corrected chi connectivity index (χ1v) is 7.46. The fourth-order valence-electron chi connectivity index (χ4n) is 2.36. The third-order valence-corrected chi connectivity index (χ3v) is 3.49. The number of amides is 1. The number of pyridine rings is 2. The maximum atomic E-state index is 12.8. The highest BCUT2D eigenvalue weighted by Crippen LogP contribution is 2.12. The Kier molecular flexibility index (Phi) is 4.74. The van der Waals surface area contributed by atoms with E-state index in [4.69, 9.17) is 0 Å². The predicted molar refractivity (Wildman–Crippen MR) is 88.5 cm³/mol. The molecule has 23 heavy (non-hydrogen) atoms. The molecule has 0 saturated heterocycles. The van der Waals surface area contributed by atoms with Crippen molar-refractivity contribution < 1.29 is 4.79 Å². The molecule has 0 fully saturated rings. The Morgan fingerprint density at radius 1 is 0.870 bits per heavy atom. The van der Waals surface area contributed by atoms with Crippen LogP contribution in [0.3, 0.4) is 0 Å². The minimum Gasteiger partial charge on any atom is -0.328 e. The summed E-state index contributed by atoms with van der Waals surface area (Å²) in [5.74, 6) is -0.0485. The molecule has 0 spiro atoms. The van der Waals surface area contributed by atoms with Crippen molar-refractivity contribution in [3.8, 4) is 0 Å². The lowest BCUT2D eigenvalue weighted by Crippen LogP contribution is -2.30. The van der Waals surface area contributed by atoms with Gasteiger partial charge in [-0.1, -0.05) is 36.4 Å². The molecule has 0 aliphatic carbocycles. The van der Waals surface area contributed by atoms with Gasteiger partial charge in [-0.2, -0.15) is 0 Å². The standard InChI is InChI=1S/C19H17N3O/c23-19(17-9-6-11-20-13-17)22(14-16-7-2-1-3-8-16)15-18-10-4-5-12-21-18/h1-13H,14-15H2. The Hall–Kier alpha value is -3.01. The zero-order valence-corrected chi connectivity index (χ0v) is 12.7. The summed E-state index contributed by atoms with van der Waals surface area (Å²) in [4.78, 5) is 23.0. The highest BCUT2D eigenvalue weighted by Gasteiger charge is 2.17. The van der Waals surface area contributed by atoms with E-state index in [0.717, 1.165) is 11.3 Å². The van der Waals surface area contributed by atoms with Gasteiger partial charge in [0.1, 0.15) is 0 Å². The van der Waals surface area contributed by atoms with Crippen LogP contribution >= 0.6 is 0 Å². The first-order valence-electron chi connectivity index (χ1n) is 7.46. The molecule has 4 nitrogen and oxygen atoms in total. The molecule has 0 unspecified atom stereocenters. The summed E-state index contributed by atoms with van der Waals surface area (Å²) in [7, 11) is 0. The van der Waals surface area contributed by atoms with Crippen molar-refractivity contribution in [3.63, 3.8) is 0 Å². The third-order valence-electron chi connectivity index (χ3n) is 3.49. The summed E-state index contributed by atoms with van der Waals surface area (Å²) < 4.78 is 0. The van der Waals surface area contributed by atoms with E-state index in [9.17, 15) is 4.79 Å². The van der Waals surface area contributed by atoms with Crippen LogP contribution in [0, 0.1) is 0 Å². The smallest absolute Gasteiger partial charge is 0.256 e. The molecule has 2 heterocycles. The van der Waals surface area contributed by atoms with Gasteiger partial charge in [0.2, 0.25) is 0 Å². The largest absolute Gasteiger partial charge is 0.328 e. The second-order valence-corrected chi connectivity index (χ2v) is 5.21. The van der Waals surface area contributed by atoms with Gasteiger partial charge >= 0.3 is 0 Å². The highest BCUT2D eigenvalue weighted by atomic mass is 16.2. The topological polar surface area (TPSA) is 46.1 Å². The first-order chi connectivity index (χ1) is 11.3. The molecule has 0 aliphatic heterocycles. The lowest BCUT2D eigenvalue weighted by molar-refractivity contribution is 0.0727. The quantitative estimate of drug-likeness (QED) is 0.726. The molecule has 1 amide bonds. The second-order valence-electron chi connectivity index (χ2n) is 5.21. The van der Waals surface area contributed by atoms with Crippen LogP contribution in [0.1, 0.15) is 21.6 Å². The van der Waals surface area contributed by atoms with E-state index in [-0.39, 0.29) is 5.91 Å². The van der Waals surface area contributed by atoms with Gasteiger partial charge in [-0.3, -0.25) is 14.8 Å². The molecule has 2 aromatic heterocycles. The van der Waals surface area contributed by atoms with Crippen LogP contribution in [0.15, 0.2) is 79.3 Å². The third kappa shape index (κ3) is 4.01. The van der Waals surface area contributed by atoms with Crippen LogP contribution in [0.25, 0.3) is 0 Å². The Morgan fingerprint density at radius 2 is 1.70 bits per heavy atom. The van der Waals surface area contributed by atoms with E-state index < -0.39 is 0 Å². The van der Waals surface area contributed by atoms with E-state index in [2.05, 4.69) is 9.97 Å². The lowest BCUT2D eigenvalue weighted by Gasteiger charge is -2.22. The van der Waals surface area contributed by atoms with Crippen LogP contribution in [0.4, 0.5) is 0 Å². The summed E-state index contributed by atoms with van der Waals surface area (Å²) in [6, 6.07) is 19.2. The molecule has 3 rings (SSSR count). The molecule has 114 valence electrons. The summed E-state index contributed by atoms with van der Waals surface area (Å²) in [6.07, 6.45) is 5.00. The number of carbonyl (C=O) groups is 1. The minimum atomic E-state index is -0.0485. The number of carbonyl (C=O) groups excluding carboxylic acids is 1. The van der Waals surface area contributed by atoms with Gasteiger partial charge in [0.15, 0.2) is 0 Å². The molecule has 4 heteroatoms. The number of hydrogen-bond acceptors (Lipinski definition) is 3. The highest BCUT2D eigenvalue weighted by molar-refractivity contribution is 5.93. The van der Waals surface area contributed by atoms with E-state index in [1.165, 1.54) is 0 Å². The van der Waals surface area contributed by atoms with Gasteiger partial charge in [-0.25, -0.2) is 0 Å². The molecule has 0 bridgehead atoms. The summed E-state index contributed by atoms with van der Waals surface area (Å²) in [5, 5.41) is 0. The van der Waals surface area contributed by atoms with Gasteiger partial charge in [0.05, 0.1) is 17.8 Å². The van der Waals surface area contributed by atoms with Crippen molar-refractivity contribution in [2.75, 3.05) is 0 Å². The zero-order valence-electron chi connectivity index (χ0n) is 12.7. The van der Waals surface area contributed by atoms with Crippen molar-refractivity contribution >= 4 is 5.91 Å². The van der Waals surface area contributed by atoms with Gasteiger partial charge in [-0.15, -0.1) is 0 Å². The fourth-order valence-corrected chi connectivity index (χ4v) is 2.36. The average Bonchev–Trinajstić information content (AvgIpc) is 2.63. The van der Waals surface area contributed by atoms with Crippen molar-refractivity contribution in [2.45, 2.75) is 13.1 Å². The number of aromatic nitrogens is 2. The van der Waals surface area contributed by atoms with Crippen LogP contribution in [-0.2, 0) is 13.1 Å². The number of rotatable bonds is 5. The maximum absolute atomic E-state index is 12.8. The Labute approximate surface area is 135 Å². The van der Waals surface area contributed by atoms with Crippen molar-refractivity contribution in [1.82, 2.24) is 14.9 Å². The van der Waals surface area contributed by atoms with E-state index in [1.54, 1.807) is 35.6 Å². The van der Waals surface area contributed by atoms with E-state index >= 15 is 0 Å². The maximum Gasteiger partial charge on any atom is 0.256 e. The van der Waals surface area contributed by atoms with Gasteiger partial charge in [0, 0.05) is 25.1 Å². The SMILES string of the molecule is O=C(c1cccnc1)N(Cc1ccccc1)Cc1ccccn1. The Morgan fingerprint density at radius 3 is 2.39 bits per heavy atom. The number of nitrogens with zero attached hydrogens (tertiary/aromatic N) is 3. The predicted octanol–water partition coefficient (Wildman–Crippen LogP) is 3.32. The van der Waals surface area contributed by atoms with Crippen LogP contribution in [0.2, 0.25) is 0 Å². The van der Waals surface area contributed by atoms with Crippen molar-refractivity contribution in [1.29, 1.82) is 0 Å². The monoisotopic (exact) mass is 303 g/mol. The summed E-state index contributed by atoms with van der Waals surface area (Å²) in [5.41, 5.74) is 2.53. The minimum absolute atomic E-state index is 0.0485. The van der Waals surface area contributed by atoms with Gasteiger partial charge in [0.25, 0.3) is 5.91 Å². The van der Waals surface area contributed by atoms with Crippen molar-refractivity contribution in [3.05, 3.63) is 96.1 Å². The second kappa shape index (κ2) is 7.31. The molecule has 0 saturated carbocycles. The molecule has 0 aliphatic rings. The lowest BCUT2D eigenvalue weighted by atomic mass is 10.1. The molecular formula is C19H17N3O. The summed E-state index contributed by atoms with van der Waals surface area (Å²) in [6.45, 7) is 0.995. The molecule has 0 radical (unpaired) electrons. The molecule has 3 aromatic rings. The van der Waals surface area contributed by atoms with Crippen LogP contribution < -0.4 is 0 Å².